The van der Waals surface area contributed by atoms with Crippen molar-refractivity contribution in [2.75, 3.05) is 19.7 Å². The Morgan fingerprint density at radius 1 is 1.19 bits per heavy atom. The number of rotatable bonds is 13. The summed E-state index contributed by atoms with van der Waals surface area (Å²) >= 11 is 0. The number of hydrogen-bond donors (Lipinski definition) is 4. The van der Waals surface area contributed by atoms with Crippen molar-refractivity contribution < 1.29 is 29.0 Å². The number of terminal acetylenes is 1. The molecule has 1 rings (SSSR count). The molecule has 5 N–H and O–H groups in total. The number of benzene rings is 1. The van der Waals surface area contributed by atoms with Gasteiger partial charge in [0, 0.05) is 18.7 Å². The van der Waals surface area contributed by atoms with E-state index in [1.807, 2.05) is 6.92 Å². The number of nitrogens with zero attached hydrogens (tertiary/aromatic N) is 1. The smallest absolute Gasteiger partial charge is 0.408 e. The molecule has 1 aromatic rings. The minimum atomic E-state index is -1.43. The average molecular weight is 503 g/mol. The molecule has 0 spiro atoms. The minimum absolute atomic E-state index is 0.268. The molecule has 0 aliphatic rings. The van der Waals surface area contributed by atoms with Crippen LogP contribution in [-0.2, 0) is 19.1 Å². The molecule has 1 aromatic carbocycles. The van der Waals surface area contributed by atoms with Crippen LogP contribution in [0.25, 0.3) is 0 Å². The second kappa shape index (κ2) is 14.7. The van der Waals surface area contributed by atoms with E-state index in [1.54, 1.807) is 45.0 Å². The third kappa shape index (κ3) is 9.96. The molecule has 2 atom stereocenters. The number of aliphatic hydroxyl groups excluding tert-OH is 1. The Labute approximate surface area is 212 Å². The maximum Gasteiger partial charge on any atom is 0.408 e. The molecule has 0 heterocycles. The van der Waals surface area contributed by atoms with E-state index in [2.05, 4.69) is 16.6 Å². The van der Waals surface area contributed by atoms with Gasteiger partial charge < -0.3 is 31.1 Å². The monoisotopic (exact) mass is 502 g/mol. The number of ether oxygens (including phenoxy) is 1. The fourth-order valence-corrected chi connectivity index (χ4v) is 3.53. The normalized spacial score (nSPS) is 12.6. The SMILES string of the molecule is C#Cc1ccccc1C(C(=O)NCCCCC)N(CCO)C(=O)C(CC(N)=O)NC(=O)OC(C)(C)C. The molecule has 2 unspecified atom stereocenters. The van der Waals surface area contributed by atoms with Gasteiger partial charge in [-0.25, -0.2) is 4.79 Å². The van der Waals surface area contributed by atoms with Crippen LogP contribution in [0.15, 0.2) is 24.3 Å². The van der Waals surface area contributed by atoms with E-state index in [1.165, 1.54) is 0 Å². The number of alkyl carbamates (subject to hydrolysis) is 1. The van der Waals surface area contributed by atoms with Gasteiger partial charge in [-0.1, -0.05) is 43.9 Å². The predicted octanol–water partition coefficient (Wildman–Crippen LogP) is 1.61. The summed E-state index contributed by atoms with van der Waals surface area (Å²) in [7, 11) is 0. The van der Waals surface area contributed by atoms with Crippen LogP contribution in [0, 0.1) is 12.3 Å². The van der Waals surface area contributed by atoms with Gasteiger partial charge in [0.05, 0.1) is 13.0 Å². The number of amides is 4. The van der Waals surface area contributed by atoms with Crippen LogP contribution in [0.3, 0.4) is 0 Å². The van der Waals surface area contributed by atoms with Gasteiger partial charge in [-0.2, -0.15) is 0 Å². The number of nitrogens with two attached hydrogens (primary N) is 1. The first kappa shape index (κ1) is 30.5. The van der Waals surface area contributed by atoms with Crippen LogP contribution < -0.4 is 16.4 Å². The largest absolute Gasteiger partial charge is 0.444 e. The van der Waals surface area contributed by atoms with Crippen LogP contribution in [0.1, 0.15) is 70.5 Å². The molecule has 10 heteroatoms. The van der Waals surface area contributed by atoms with Gasteiger partial charge in [0.15, 0.2) is 0 Å². The summed E-state index contributed by atoms with van der Waals surface area (Å²) in [6.07, 6.45) is 6.79. The van der Waals surface area contributed by atoms with Gasteiger partial charge in [0.25, 0.3) is 0 Å². The van der Waals surface area contributed by atoms with Crippen molar-refractivity contribution in [3.05, 3.63) is 35.4 Å². The van der Waals surface area contributed by atoms with E-state index in [9.17, 15) is 24.3 Å². The van der Waals surface area contributed by atoms with Gasteiger partial charge in [-0.05, 0) is 38.8 Å². The highest BCUT2D eigenvalue weighted by Gasteiger charge is 2.37. The maximum atomic E-state index is 13.7. The first-order valence-electron chi connectivity index (χ1n) is 12.0. The summed E-state index contributed by atoms with van der Waals surface area (Å²) in [5, 5.41) is 15.0. The molecular weight excluding hydrogens is 464 g/mol. The second-order valence-electron chi connectivity index (χ2n) is 9.26. The Balaban J connectivity index is 3.45. The highest BCUT2D eigenvalue weighted by Crippen LogP contribution is 2.26. The number of carbonyl (C=O) groups excluding carboxylic acids is 4. The van der Waals surface area contributed by atoms with Crippen molar-refractivity contribution in [3.63, 3.8) is 0 Å². The Hall–Kier alpha value is -3.58. The summed E-state index contributed by atoms with van der Waals surface area (Å²) in [6.45, 7) is 6.59. The third-order valence-electron chi connectivity index (χ3n) is 5.07. The lowest BCUT2D eigenvalue weighted by Gasteiger charge is -2.34. The van der Waals surface area contributed by atoms with Gasteiger partial charge in [0.2, 0.25) is 17.7 Å². The highest BCUT2D eigenvalue weighted by atomic mass is 16.6. The zero-order valence-electron chi connectivity index (χ0n) is 21.5. The number of hydrogen-bond acceptors (Lipinski definition) is 6. The molecule has 0 aliphatic heterocycles. The Morgan fingerprint density at radius 3 is 2.42 bits per heavy atom. The van der Waals surface area contributed by atoms with Crippen LogP contribution in [0.2, 0.25) is 0 Å². The number of aliphatic hydroxyl groups is 1. The molecule has 10 nitrogen and oxygen atoms in total. The van der Waals surface area contributed by atoms with Gasteiger partial charge in [-0.15, -0.1) is 6.42 Å². The first-order chi connectivity index (χ1) is 16.9. The van der Waals surface area contributed by atoms with E-state index in [0.717, 1.165) is 24.2 Å². The highest BCUT2D eigenvalue weighted by molar-refractivity contribution is 5.94. The molecule has 0 radical (unpaired) electrons. The minimum Gasteiger partial charge on any atom is -0.444 e. The van der Waals surface area contributed by atoms with Crippen molar-refractivity contribution in [2.24, 2.45) is 5.73 Å². The fourth-order valence-electron chi connectivity index (χ4n) is 3.53. The molecule has 0 bridgehead atoms. The molecule has 0 fully saturated rings. The molecule has 0 saturated carbocycles. The number of unbranched alkanes of at least 4 members (excludes halogenated alkanes) is 2. The summed E-state index contributed by atoms with van der Waals surface area (Å²) in [4.78, 5) is 52.3. The average Bonchev–Trinajstić information content (AvgIpc) is 2.79. The van der Waals surface area contributed by atoms with Crippen LogP contribution in [0.4, 0.5) is 4.79 Å². The second-order valence-corrected chi connectivity index (χ2v) is 9.26. The summed E-state index contributed by atoms with van der Waals surface area (Å²) in [5.41, 5.74) is 5.23. The van der Waals surface area contributed by atoms with Crippen molar-refractivity contribution in [3.8, 4) is 12.3 Å². The molecule has 4 amide bonds. The molecule has 36 heavy (non-hydrogen) atoms. The standard InChI is InChI=1S/C26H38N4O6/c1-6-8-11-14-28-23(33)22(19-13-10-9-12-18(19)7-2)30(15-16-31)24(34)20(17-21(27)32)29-25(35)36-26(3,4)5/h2,9-10,12-13,20,22,31H,6,8,11,14-17H2,1,3-5H3,(H2,27,32)(H,28,33)(H,29,35). The lowest BCUT2D eigenvalue weighted by atomic mass is 9.97. The van der Waals surface area contributed by atoms with Gasteiger partial charge in [0.1, 0.15) is 17.7 Å². The van der Waals surface area contributed by atoms with Crippen LogP contribution >= 0.6 is 0 Å². The topological polar surface area (TPSA) is 151 Å². The van der Waals surface area contributed by atoms with Crippen LogP contribution in [-0.4, -0.2) is 65.2 Å². The molecule has 198 valence electrons. The van der Waals surface area contributed by atoms with E-state index in [4.69, 9.17) is 16.9 Å². The molecular formula is C26H38N4O6. The predicted molar refractivity (Wildman–Crippen MR) is 135 cm³/mol. The van der Waals surface area contributed by atoms with Crippen molar-refractivity contribution in [1.29, 1.82) is 0 Å². The molecule has 0 aromatic heterocycles. The zero-order chi connectivity index (χ0) is 27.3. The number of carbonyl (C=O) groups is 4. The maximum absolute atomic E-state index is 13.7. The fraction of sp³-hybridized carbons (Fsp3) is 0.538. The Kier molecular flexibility index (Phi) is 12.5. The Morgan fingerprint density at radius 2 is 1.86 bits per heavy atom. The van der Waals surface area contributed by atoms with Crippen molar-refractivity contribution in [2.45, 2.75) is 71.1 Å². The number of primary amides is 1. The summed E-state index contributed by atoms with van der Waals surface area (Å²) in [6, 6.07) is 3.97. The zero-order valence-corrected chi connectivity index (χ0v) is 21.5. The van der Waals surface area contributed by atoms with Crippen molar-refractivity contribution >= 4 is 23.8 Å². The van der Waals surface area contributed by atoms with E-state index in [0.29, 0.717) is 17.7 Å². The molecule has 0 saturated heterocycles. The third-order valence-corrected chi connectivity index (χ3v) is 5.07. The molecule has 0 aliphatic carbocycles. The van der Waals surface area contributed by atoms with Crippen LogP contribution in [0.5, 0.6) is 0 Å². The van der Waals surface area contributed by atoms with Gasteiger partial charge in [-0.3, -0.25) is 14.4 Å². The summed E-state index contributed by atoms with van der Waals surface area (Å²) < 4.78 is 5.22. The quantitative estimate of drug-likeness (QED) is 0.238. The van der Waals surface area contributed by atoms with E-state index in [-0.39, 0.29) is 6.54 Å². The lowest BCUT2D eigenvalue weighted by Crippen LogP contribution is -2.54. The first-order valence-corrected chi connectivity index (χ1v) is 12.0. The Bertz CT molecular complexity index is 950. The summed E-state index contributed by atoms with van der Waals surface area (Å²) in [5.74, 6) is 0.364. The van der Waals surface area contributed by atoms with Crippen molar-refractivity contribution in [1.82, 2.24) is 15.5 Å². The van der Waals surface area contributed by atoms with E-state index < -0.39 is 54.5 Å². The lowest BCUT2D eigenvalue weighted by molar-refractivity contribution is -0.143. The number of nitrogens with one attached hydrogen (secondary N) is 2. The van der Waals surface area contributed by atoms with E-state index >= 15 is 0 Å². The van der Waals surface area contributed by atoms with Gasteiger partial charge >= 0.3 is 6.09 Å².